The number of rotatable bonds is 8. The van der Waals surface area contributed by atoms with Gasteiger partial charge in [0.05, 0.1) is 17.9 Å². The van der Waals surface area contributed by atoms with Crippen molar-refractivity contribution in [2.24, 2.45) is 0 Å². The number of nitrogens with zero attached hydrogens (tertiary/aromatic N) is 3. The lowest BCUT2D eigenvalue weighted by Crippen LogP contribution is -2.41. The lowest BCUT2D eigenvalue weighted by Gasteiger charge is -2.21. The summed E-state index contributed by atoms with van der Waals surface area (Å²) in [6.07, 6.45) is 3.36. The molecule has 0 fully saturated rings. The predicted octanol–water partition coefficient (Wildman–Crippen LogP) is 2.89. The van der Waals surface area contributed by atoms with Crippen LogP contribution < -0.4 is 5.32 Å². The topological polar surface area (TPSA) is 75.2 Å². The van der Waals surface area contributed by atoms with Crippen molar-refractivity contribution in [1.29, 1.82) is 0 Å². The first-order valence-electron chi connectivity index (χ1n) is 8.51. The van der Waals surface area contributed by atoms with Crippen LogP contribution in [0.2, 0.25) is 0 Å². The minimum Gasteiger partial charge on any atom is -0.355 e. The van der Waals surface area contributed by atoms with Gasteiger partial charge in [-0.1, -0.05) is 19.9 Å². The molecule has 2 rings (SSSR count). The van der Waals surface area contributed by atoms with E-state index < -0.39 is 0 Å². The molecular weight excluding hydrogens is 336 g/mol. The van der Waals surface area contributed by atoms with Crippen LogP contribution in [0.4, 0.5) is 0 Å². The number of hydrogen-bond donors (Lipinski definition) is 1. The SMILES string of the molecule is CCCNC(=O)CN(CCC)C(=O)c1sc(-c2ccccn2)nc1C. The lowest BCUT2D eigenvalue weighted by atomic mass is 10.3. The van der Waals surface area contributed by atoms with Gasteiger partial charge in [0.25, 0.3) is 5.91 Å². The molecular formula is C18H24N4O2S. The molecule has 0 saturated heterocycles. The van der Waals surface area contributed by atoms with Crippen molar-refractivity contribution in [3.8, 4) is 10.7 Å². The summed E-state index contributed by atoms with van der Waals surface area (Å²) in [5.74, 6) is -0.276. The quantitative estimate of drug-likeness (QED) is 0.785. The average molecular weight is 360 g/mol. The van der Waals surface area contributed by atoms with Crippen LogP contribution in [0, 0.1) is 6.92 Å². The third-order valence-electron chi connectivity index (χ3n) is 3.56. The molecule has 7 heteroatoms. The Labute approximate surface area is 152 Å². The zero-order chi connectivity index (χ0) is 18.2. The molecule has 0 bridgehead atoms. The number of nitrogens with one attached hydrogen (secondary N) is 1. The largest absolute Gasteiger partial charge is 0.355 e. The van der Waals surface area contributed by atoms with Gasteiger partial charge in [-0.3, -0.25) is 14.6 Å². The first-order valence-corrected chi connectivity index (χ1v) is 9.33. The van der Waals surface area contributed by atoms with Gasteiger partial charge in [0.1, 0.15) is 9.88 Å². The van der Waals surface area contributed by atoms with Crippen LogP contribution in [-0.2, 0) is 4.79 Å². The van der Waals surface area contributed by atoms with Crippen LogP contribution >= 0.6 is 11.3 Å². The summed E-state index contributed by atoms with van der Waals surface area (Å²) < 4.78 is 0. The van der Waals surface area contributed by atoms with Gasteiger partial charge in [-0.05, 0) is 31.9 Å². The predicted molar refractivity (Wildman–Crippen MR) is 99.6 cm³/mol. The van der Waals surface area contributed by atoms with Crippen LogP contribution in [0.5, 0.6) is 0 Å². The fourth-order valence-electron chi connectivity index (χ4n) is 2.35. The Kier molecular flexibility index (Phi) is 7.06. The van der Waals surface area contributed by atoms with Gasteiger partial charge in [0.15, 0.2) is 0 Å². The Balaban J connectivity index is 2.18. The minimum atomic E-state index is -0.148. The molecule has 134 valence electrons. The second kappa shape index (κ2) is 9.27. The van der Waals surface area contributed by atoms with E-state index in [1.54, 1.807) is 11.1 Å². The monoisotopic (exact) mass is 360 g/mol. The molecule has 0 spiro atoms. The Hall–Kier alpha value is -2.28. The van der Waals surface area contributed by atoms with Gasteiger partial charge >= 0.3 is 0 Å². The molecule has 0 aromatic carbocycles. The molecule has 2 aromatic heterocycles. The van der Waals surface area contributed by atoms with Crippen molar-refractivity contribution in [1.82, 2.24) is 20.2 Å². The molecule has 0 saturated carbocycles. The third-order valence-corrected chi connectivity index (χ3v) is 4.73. The van der Waals surface area contributed by atoms with Crippen molar-refractivity contribution in [2.45, 2.75) is 33.6 Å². The van der Waals surface area contributed by atoms with Crippen molar-refractivity contribution < 1.29 is 9.59 Å². The molecule has 0 radical (unpaired) electrons. The first kappa shape index (κ1) is 19.1. The summed E-state index contributed by atoms with van der Waals surface area (Å²) in [7, 11) is 0. The van der Waals surface area contributed by atoms with Crippen molar-refractivity contribution >= 4 is 23.2 Å². The van der Waals surface area contributed by atoms with E-state index in [-0.39, 0.29) is 18.4 Å². The normalized spacial score (nSPS) is 10.5. The highest BCUT2D eigenvalue weighted by Gasteiger charge is 2.23. The van der Waals surface area contributed by atoms with E-state index in [9.17, 15) is 9.59 Å². The van der Waals surface area contributed by atoms with Crippen LogP contribution in [0.3, 0.4) is 0 Å². The van der Waals surface area contributed by atoms with E-state index in [2.05, 4.69) is 15.3 Å². The summed E-state index contributed by atoms with van der Waals surface area (Å²) in [6.45, 7) is 7.03. The maximum atomic E-state index is 12.9. The molecule has 2 amide bonds. The van der Waals surface area contributed by atoms with Gasteiger partial charge in [0, 0.05) is 19.3 Å². The number of aromatic nitrogens is 2. The second-order valence-corrected chi connectivity index (χ2v) is 6.72. The molecule has 25 heavy (non-hydrogen) atoms. The minimum absolute atomic E-state index is 0.0724. The van der Waals surface area contributed by atoms with Crippen LogP contribution in [-0.4, -0.2) is 46.3 Å². The summed E-state index contributed by atoms with van der Waals surface area (Å²) in [5, 5.41) is 3.53. The number of carbonyl (C=O) groups is 2. The van der Waals surface area contributed by atoms with E-state index in [1.807, 2.05) is 39.0 Å². The fourth-order valence-corrected chi connectivity index (χ4v) is 3.36. The van der Waals surface area contributed by atoms with Gasteiger partial charge in [0.2, 0.25) is 5.91 Å². The van der Waals surface area contributed by atoms with Crippen LogP contribution in [0.15, 0.2) is 24.4 Å². The standard InChI is InChI=1S/C18H24N4O2S/c1-4-9-20-15(23)12-22(11-5-2)18(24)16-13(3)21-17(25-16)14-8-6-7-10-19-14/h6-8,10H,4-5,9,11-12H2,1-3H3,(H,20,23). The van der Waals surface area contributed by atoms with Crippen LogP contribution in [0.1, 0.15) is 42.1 Å². The van der Waals surface area contributed by atoms with E-state index in [1.165, 1.54) is 11.3 Å². The highest BCUT2D eigenvalue weighted by atomic mass is 32.1. The highest BCUT2D eigenvalue weighted by molar-refractivity contribution is 7.17. The Bertz CT molecular complexity index is 715. The Morgan fingerprint density at radius 2 is 2.04 bits per heavy atom. The summed E-state index contributed by atoms with van der Waals surface area (Å²) in [4.78, 5) is 35.8. The summed E-state index contributed by atoms with van der Waals surface area (Å²) in [5.41, 5.74) is 1.42. The Morgan fingerprint density at radius 1 is 1.24 bits per heavy atom. The third kappa shape index (κ3) is 5.09. The lowest BCUT2D eigenvalue weighted by molar-refractivity contribution is -0.121. The fraction of sp³-hybridized carbons (Fsp3) is 0.444. The number of pyridine rings is 1. The maximum absolute atomic E-state index is 12.9. The van der Waals surface area contributed by atoms with E-state index >= 15 is 0 Å². The van der Waals surface area contributed by atoms with E-state index in [4.69, 9.17) is 0 Å². The average Bonchev–Trinajstić information content (AvgIpc) is 3.01. The molecule has 2 heterocycles. The number of amides is 2. The molecule has 0 aliphatic rings. The van der Waals surface area contributed by atoms with Gasteiger partial charge in [-0.15, -0.1) is 11.3 Å². The van der Waals surface area contributed by atoms with Gasteiger partial charge < -0.3 is 10.2 Å². The number of carbonyl (C=O) groups excluding carboxylic acids is 2. The molecule has 1 N–H and O–H groups in total. The number of hydrogen-bond acceptors (Lipinski definition) is 5. The summed E-state index contributed by atoms with van der Waals surface area (Å²) in [6, 6.07) is 5.60. The molecule has 0 atom stereocenters. The van der Waals surface area contributed by atoms with Crippen molar-refractivity contribution in [3.05, 3.63) is 35.0 Å². The highest BCUT2D eigenvalue weighted by Crippen LogP contribution is 2.27. The van der Waals surface area contributed by atoms with Crippen LogP contribution in [0.25, 0.3) is 10.7 Å². The Morgan fingerprint density at radius 3 is 2.68 bits per heavy atom. The maximum Gasteiger partial charge on any atom is 0.266 e. The first-order chi connectivity index (χ1) is 12.1. The summed E-state index contributed by atoms with van der Waals surface area (Å²) >= 11 is 1.32. The van der Waals surface area contributed by atoms with Gasteiger partial charge in [-0.2, -0.15) is 0 Å². The number of thiazole rings is 1. The zero-order valence-electron chi connectivity index (χ0n) is 14.9. The zero-order valence-corrected chi connectivity index (χ0v) is 15.7. The molecule has 6 nitrogen and oxygen atoms in total. The molecule has 0 unspecified atom stereocenters. The second-order valence-electron chi connectivity index (χ2n) is 5.73. The smallest absolute Gasteiger partial charge is 0.266 e. The molecule has 0 aliphatic heterocycles. The van der Waals surface area contributed by atoms with Crippen molar-refractivity contribution in [2.75, 3.05) is 19.6 Å². The van der Waals surface area contributed by atoms with E-state index in [0.29, 0.717) is 28.7 Å². The van der Waals surface area contributed by atoms with E-state index in [0.717, 1.165) is 18.5 Å². The molecule has 2 aromatic rings. The van der Waals surface area contributed by atoms with Gasteiger partial charge in [-0.25, -0.2) is 4.98 Å². The van der Waals surface area contributed by atoms with Crippen molar-refractivity contribution in [3.63, 3.8) is 0 Å². The molecule has 0 aliphatic carbocycles. The number of aryl methyl sites for hydroxylation is 1.